The highest BCUT2D eigenvalue weighted by Crippen LogP contribution is 2.25. The molecule has 1 nitrogen and oxygen atoms in total. The minimum atomic E-state index is 1.03. The lowest BCUT2D eigenvalue weighted by atomic mass is 9.95. The molecule has 0 N–H and O–H groups in total. The van der Waals surface area contributed by atoms with Crippen molar-refractivity contribution in [3.8, 4) is 0 Å². The fourth-order valence-electron chi connectivity index (χ4n) is 3.33. The maximum Gasteiger partial charge on any atom is 0.0664 e. The highest BCUT2D eigenvalue weighted by molar-refractivity contribution is 5.82. The molecule has 0 heterocycles. The highest BCUT2D eigenvalue weighted by atomic mass is 14.7. The van der Waals surface area contributed by atoms with Gasteiger partial charge in [-0.2, -0.15) is 0 Å². The Bertz CT molecular complexity index is 886. The molecule has 3 aromatic carbocycles. The number of hydrogen-bond donors (Lipinski definition) is 0. The number of benzene rings is 3. The van der Waals surface area contributed by atoms with Crippen molar-refractivity contribution in [1.82, 2.24) is 0 Å². The second-order valence-electron chi connectivity index (χ2n) is 6.95. The fourth-order valence-corrected chi connectivity index (χ4v) is 3.33. The Morgan fingerprint density at radius 1 is 0.680 bits per heavy atom. The van der Waals surface area contributed by atoms with E-state index in [9.17, 15) is 0 Å². The minimum Gasteiger partial charge on any atom is -0.256 e. The molecular weight excluding hydrogens is 302 g/mol. The average molecular weight is 325 g/mol. The summed E-state index contributed by atoms with van der Waals surface area (Å²) in [4.78, 5) is 4.83. The van der Waals surface area contributed by atoms with E-state index in [1.807, 2.05) is 6.21 Å². The van der Waals surface area contributed by atoms with Crippen LogP contribution in [0.2, 0.25) is 0 Å². The van der Waals surface area contributed by atoms with Gasteiger partial charge in [0.1, 0.15) is 0 Å². The summed E-state index contributed by atoms with van der Waals surface area (Å²) in [6.07, 6.45) is 6.22. The molecule has 7 rings (SSSR count). The second-order valence-corrected chi connectivity index (χ2v) is 6.95. The van der Waals surface area contributed by atoms with E-state index in [2.05, 4.69) is 73.7 Å². The molecule has 0 fully saturated rings. The molecule has 0 spiro atoms. The zero-order valence-corrected chi connectivity index (χ0v) is 14.7. The van der Waals surface area contributed by atoms with Crippen molar-refractivity contribution >= 4 is 11.9 Å². The number of aliphatic imine (C=N–C) groups is 1. The van der Waals surface area contributed by atoms with Gasteiger partial charge in [-0.15, -0.1) is 0 Å². The Morgan fingerprint density at radius 2 is 1.28 bits per heavy atom. The van der Waals surface area contributed by atoms with E-state index in [1.54, 1.807) is 0 Å². The number of aryl methyl sites for hydroxylation is 5. The summed E-state index contributed by atoms with van der Waals surface area (Å²) in [5.41, 5.74) is 9.06. The van der Waals surface area contributed by atoms with Crippen molar-refractivity contribution in [3.63, 3.8) is 0 Å². The van der Waals surface area contributed by atoms with Gasteiger partial charge in [-0.05, 0) is 66.5 Å². The van der Waals surface area contributed by atoms with E-state index in [4.69, 9.17) is 4.99 Å². The number of nitrogens with zero attached hydrogens (tertiary/aromatic N) is 1. The van der Waals surface area contributed by atoms with Gasteiger partial charge in [-0.3, -0.25) is 4.99 Å². The maximum absolute atomic E-state index is 4.83. The van der Waals surface area contributed by atoms with Crippen LogP contribution >= 0.6 is 0 Å². The van der Waals surface area contributed by atoms with E-state index in [0.29, 0.717) is 0 Å². The van der Waals surface area contributed by atoms with Crippen LogP contribution in [0.15, 0.2) is 71.7 Å². The predicted molar refractivity (Wildman–Crippen MR) is 106 cm³/mol. The molecular formula is C24H23N. The first-order chi connectivity index (χ1) is 12.3. The Hall–Kier alpha value is -2.67. The van der Waals surface area contributed by atoms with E-state index < -0.39 is 0 Å². The van der Waals surface area contributed by atoms with E-state index in [-0.39, 0.29) is 0 Å². The third kappa shape index (κ3) is 3.88. The molecule has 0 amide bonds. The van der Waals surface area contributed by atoms with Crippen LogP contribution in [0, 0.1) is 6.92 Å². The Morgan fingerprint density at radius 3 is 2.00 bits per heavy atom. The summed E-state index contributed by atoms with van der Waals surface area (Å²) >= 11 is 0. The van der Waals surface area contributed by atoms with Crippen LogP contribution in [0.5, 0.6) is 0 Å². The Balaban J connectivity index is 1.65. The molecule has 0 atom stereocenters. The van der Waals surface area contributed by atoms with Crippen molar-refractivity contribution in [2.24, 2.45) is 4.99 Å². The van der Waals surface area contributed by atoms with Crippen LogP contribution in [0.4, 0.5) is 5.69 Å². The molecule has 0 aliphatic heterocycles. The van der Waals surface area contributed by atoms with Gasteiger partial charge in [0, 0.05) is 6.21 Å². The molecule has 4 bridgehead atoms. The fraction of sp³-hybridized carbons (Fsp3) is 0.208. The van der Waals surface area contributed by atoms with Crippen LogP contribution < -0.4 is 0 Å². The van der Waals surface area contributed by atoms with Crippen molar-refractivity contribution in [2.75, 3.05) is 0 Å². The van der Waals surface area contributed by atoms with Crippen molar-refractivity contribution in [3.05, 3.63) is 100 Å². The van der Waals surface area contributed by atoms with Gasteiger partial charge in [-0.25, -0.2) is 0 Å². The summed E-state index contributed by atoms with van der Waals surface area (Å²) in [6, 6.07) is 24.4. The van der Waals surface area contributed by atoms with Crippen molar-refractivity contribution < 1.29 is 0 Å². The number of rotatable bonds is 2. The SMILES string of the molecule is Cc1ccc(C=Nc2cc3ccc2CCc2ccc(cc2)CC3)cc1. The van der Waals surface area contributed by atoms with E-state index in [1.165, 1.54) is 27.8 Å². The van der Waals surface area contributed by atoms with Crippen molar-refractivity contribution in [2.45, 2.75) is 32.6 Å². The Kier molecular flexibility index (Phi) is 4.47. The predicted octanol–water partition coefficient (Wildman–Crippen LogP) is 5.63. The lowest BCUT2D eigenvalue weighted by molar-refractivity contribution is 0.921. The van der Waals surface area contributed by atoms with Crippen LogP contribution in [-0.2, 0) is 25.7 Å². The molecule has 1 heteroatoms. The van der Waals surface area contributed by atoms with Crippen LogP contribution in [0.3, 0.4) is 0 Å². The third-order valence-corrected chi connectivity index (χ3v) is 4.99. The molecule has 0 saturated carbocycles. The first kappa shape index (κ1) is 15.8. The average Bonchev–Trinajstić information content (AvgIpc) is 2.64. The molecule has 4 aliphatic carbocycles. The molecule has 25 heavy (non-hydrogen) atoms. The first-order valence-corrected chi connectivity index (χ1v) is 9.07. The summed E-state index contributed by atoms with van der Waals surface area (Å²) in [5.74, 6) is 0. The van der Waals surface area contributed by atoms with Gasteiger partial charge in [0.15, 0.2) is 0 Å². The summed E-state index contributed by atoms with van der Waals surface area (Å²) in [6.45, 7) is 2.11. The summed E-state index contributed by atoms with van der Waals surface area (Å²) < 4.78 is 0. The highest BCUT2D eigenvalue weighted by Gasteiger charge is 2.07. The molecule has 124 valence electrons. The largest absolute Gasteiger partial charge is 0.256 e. The lowest BCUT2D eigenvalue weighted by Gasteiger charge is -2.12. The maximum atomic E-state index is 4.83. The molecule has 3 aromatic rings. The van der Waals surface area contributed by atoms with Crippen LogP contribution in [-0.4, -0.2) is 6.21 Å². The molecule has 0 unspecified atom stereocenters. The smallest absolute Gasteiger partial charge is 0.0664 e. The van der Waals surface area contributed by atoms with Crippen molar-refractivity contribution in [1.29, 1.82) is 0 Å². The standard InChI is InChI=1S/C24H23N/c1-18-2-4-22(5-3-18)17-25-24-16-21-11-10-19-6-8-20(9-7-19)12-14-23(24)15-13-21/h2-9,13,15-17H,10-12,14H2,1H3. The van der Waals surface area contributed by atoms with E-state index in [0.717, 1.165) is 36.9 Å². The molecule has 0 saturated heterocycles. The Labute approximate surface area is 150 Å². The van der Waals surface area contributed by atoms with Crippen LogP contribution in [0.25, 0.3) is 0 Å². The van der Waals surface area contributed by atoms with Gasteiger partial charge >= 0.3 is 0 Å². The van der Waals surface area contributed by atoms with Gasteiger partial charge in [0.25, 0.3) is 0 Å². The monoisotopic (exact) mass is 325 g/mol. The summed E-state index contributed by atoms with van der Waals surface area (Å²) in [7, 11) is 0. The molecule has 0 aromatic heterocycles. The van der Waals surface area contributed by atoms with E-state index >= 15 is 0 Å². The second kappa shape index (κ2) is 7.06. The zero-order chi connectivity index (χ0) is 17.1. The van der Waals surface area contributed by atoms with Gasteiger partial charge < -0.3 is 0 Å². The zero-order valence-electron chi connectivity index (χ0n) is 14.7. The minimum absolute atomic E-state index is 1.03. The topological polar surface area (TPSA) is 12.4 Å². The normalized spacial score (nSPS) is 13.8. The third-order valence-electron chi connectivity index (χ3n) is 4.99. The number of hydrogen-bond acceptors (Lipinski definition) is 1. The van der Waals surface area contributed by atoms with Gasteiger partial charge in [-0.1, -0.05) is 66.2 Å². The first-order valence-electron chi connectivity index (χ1n) is 9.07. The van der Waals surface area contributed by atoms with Gasteiger partial charge in [0.05, 0.1) is 5.69 Å². The molecule has 0 radical (unpaired) electrons. The lowest BCUT2D eigenvalue weighted by Crippen LogP contribution is -1.98. The summed E-state index contributed by atoms with van der Waals surface area (Å²) in [5, 5.41) is 0. The molecule has 4 aliphatic rings. The van der Waals surface area contributed by atoms with Crippen LogP contribution in [0.1, 0.15) is 33.4 Å². The quantitative estimate of drug-likeness (QED) is 0.542. The van der Waals surface area contributed by atoms with Gasteiger partial charge in [0.2, 0.25) is 0 Å².